The fourth-order valence-electron chi connectivity index (χ4n) is 3.42. The highest BCUT2D eigenvalue weighted by molar-refractivity contribution is 8.00. The van der Waals surface area contributed by atoms with Crippen LogP contribution in [0.4, 0.5) is 11.6 Å². The van der Waals surface area contributed by atoms with Crippen LogP contribution in [0.5, 0.6) is 0 Å². The monoisotopic (exact) mass is 417 g/mol. The van der Waals surface area contributed by atoms with Gasteiger partial charge >= 0.3 is 0 Å². The summed E-state index contributed by atoms with van der Waals surface area (Å²) in [6.07, 6.45) is 0. The average molecular weight is 418 g/mol. The Labute approximate surface area is 177 Å². The lowest BCUT2D eigenvalue weighted by Crippen LogP contribution is -2.38. The van der Waals surface area contributed by atoms with E-state index in [0.717, 1.165) is 47.6 Å². The van der Waals surface area contributed by atoms with Crippen LogP contribution in [0.25, 0.3) is 0 Å². The van der Waals surface area contributed by atoms with Crippen molar-refractivity contribution in [2.75, 3.05) is 36.5 Å². The van der Waals surface area contributed by atoms with Crippen molar-refractivity contribution in [3.63, 3.8) is 0 Å². The number of hydrogen-bond donors (Lipinski definition) is 1. The van der Waals surface area contributed by atoms with Crippen LogP contribution in [0.1, 0.15) is 44.7 Å². The molecule has 2 aromatic rings. The highest BCUT2D eigenvalue weighted by Crippen LogP contribution is 2.30. The minimum Gasteiger partial charge on any atom is -0.378 e. The highest BCUT2D eigenvalue weighted by Gasteiger charge is 2.24. The molecule has 0 unspecified atom stereocenters. The molecule has 8 heteroatoms. The maximum Gasteiger partial charge on any atom is 0.237 e. The Morgan fingerprint density at radius 2 is 1.97 bits per heavy atom. The van der Waals surface area contributed by atoms with Crippen LogP contribution in [-0.4, -0.2) is 52.2 Å². The van der Waals surface area contributed by atoms with E-state index in [2.05, 4.69) is 51.8 Å². The normalized spacial score (nSPS) is 15.6. The largest absolute Gasteiger partial charge is 0.378 e. The van der Waals surface area contributed by atoms with Crippen LogP contribution in [0.15, 0.2) is 23.4 Å². The molecule has 1 aromatic heterocycles. The quantitative estimate of drug-likeness (QED) is 0.693. The summed E-state index contributed by atoms with van der Waals surface area (Å²) in [4.78, 5) is 15.1. The first-order valence-electron chi connectivity index (χ1n) is 10.2. The molecule has 1 N–H and O–H groups in total. The van der Waals surface area contributed by atoms with E-state index < -0.39 is 0 Å². The zero-order valence-corrected chi connectivity index (χ0v) is 18.8. The molecule has 1 fully saturated rings. The number of carbonyl (C=O) groups excluding carboxylic acids is 1. The summed E-state index contributed by atoms with van der Waals surface area (Å²) in [6, 6.07) is 6.14. The predicted molar refractivity (Wildman–Crippen MR) is 118 cm³/mol. The van der Waals surface area contributed by atoms with Crippen LogP contribution in [-0.2, 0) is 16.1 Å². The van der Waals surface area contributed by atoms with Crippen molar-refractivity contribution in [3.8, 4) is 0 Å². The van der Waals surface area contributed by atoms with Gasteiger partial charge in [0.15, 0.2) is 5.16 Å². The lowest BCUT2D eigenvalue weighted by Gasteiger charge is -2.27. The summed E-state index contributed by atoms with van der Waals surface area (Å²) in [5, 5.41) is 12.4. The van der Waals surface area contributed by atoms with Crippen LogP contribution in [0.3, 0.4) is 0 Å². The fourth-order valence-corrected chi connectivity index (χ4v) is 4.33. The zero-order chi connectivity index (χ0) is 21.0. The summed E-state index contributed by atoms with van der Waals surface area (Å²) < 4.78 is 7.51. The third kappa shape index (κ3) is 4.93. The number of aryl methyl sites for hydroxylation is 1. The Bertz CT molecular complexity index is 846. The second-order valence-corrected chi connectivity index (χ2v) is 8.88. The molecule has 1 saturated heterocycles. The number of ether oxygens (including phenoxy) is 1. The molecule has 0 saturated carbocycles. The first-order chi connectivity index (χ1) is 13.9. The van der Waals surface area contributed by atoms with E-state index in [4.69, 9.17) is 4.74 Å². The third-order valence-corrected chi connectivity index (χ3v) is 6.21. The van der Waals surface area contributed by atoms with Gasteiger partial charge in [0.2, 0.25) is 11.9 Å². The number of thioether (sulfide) groups is 1. The SMILES string of the molecule is CCn1c(S[C@@H](C)C(=O)Nc2c(C)cccc2C(C)C)nnc1N1CCOCC1. The molecule has 3 rings (SSSR count). The molecule has 7 nitrogen and oxygen atoms in total. The number of amides is 1. The van der Waals surface area contributed by atoms with Gasteiger partial charge in [-0.15, -0.1) is 10.2 Å². The first-order valence-corrected chi connectivity index (χ1v) is 11.1. The molecule has 0 radical (unpaired) electrons. The number of carbonyl (C=O) groups is 1. The molecular weight excluding hydrogens is 386 g/mol. The molecule has 0 spiro atoms. The molecule has 0 aliphatic carbocycles. The number of para-hydroxylation sites is 1. The fraction of sp³-hybridized carbons (Fsp3) is 0.571. The molecule has 1 aromatic carbocycles. The minimum atomic E-state index is -0.290. The summed E-state index contributed by atoms with van der Waals surface area (Å²) in [7, 11) is 0. The summed E-state index contributed by atoms with van der Waals surface area (Å²) >= 11 is 1.45. The van der Waals surface area contributed by atoms with Crippen molar-refractivity contribution in [2.24, 2.45) is 0 Å². The van der Waals surface area contributed by atoms with Gasteiger partial charge in [-0.25, -0.2) is 0 Å². The van der Waals surface area contributed by atoms with E-state index in [-0.39, 0.29) is 11.2 Å². The van der Waals surface area contributed by atoms with Crippen molar-refractivity contribution < 1.29 is 9.53 Å². The van der Waals surface area contributed by atoms with Gasteiger partial charge in [-0.2, -0.15) is 0 Å². The van der Waals surface area contributed by atoms with Gasteiger partial charge in [0, 0.05) is 25.3 Å². The van der Waals surface area contributed by atoms with E-state index in [1.165, 1.54) is 11.8 Å². The maximum atomic E-state index is 12.9. The maximum absolute atomic E-state index is 12.9. The number of anilines is 2. The Morgan fingerprint density at radius 1 is 1.24 bits per heavy atom. The smallest absolute Gasteiger partial charge is 0.237 e. The Kier molecular flexibility index (Phi) is 7.18. The summed E-state index contributed by atoms with van der Waals surface area (Å²) in [5.41, 5.74) is 3.15. The van der Waals surface area contributed by atoms with Crippen LogP contribution in [0, 0.1) is 6.92 Å². The molecular formula is C21H31N5O2S. The van der Waals surface area contributed by atoms with Crippen LogP contribution in [0.2, 0.25) is 0 Å². The number of aromatic nitrogens is 3. The molecule has 29 heavy (non-hydrogen) atoms. The van der Waals surface area contributed by atoms with E-state index in [0.29, 0.717) is 19.1 Å². The summed E-state index contributed by atoms with van der Waals surface area (Å²) in [6.45, 7) is 14.1. The van der Waals surface area contributed by atoms with Crippen molar-refractivity contribution >= 4 is 29.3 Å². The van der Waals surface area contributed by atoms with Crippen molar-refractivity contribution in [1.82, 2.24) is 14.8 Å². The second-order valence-electron chi connectivity index (χ2n) is 7.57. The molecule has 1 amide bonds. The Hall–Kier alpha value is -2.06. The number of rotatable bonds is 7. The van der Waals surface area contributed by atoms with E-state index >= 15 is 0 Å². The Morgan fingerprint density at radius 3 is 2.62 bits per heavy atom. The van der Waals surface area contributed by atoms with E-state index in [1.54, 1.807) is 0 Å². The minimum absolute atomic E-state index is 0.0234. The van der Waals surface area contributed by atoms with Crippen molar-refractivity contribution in [3.05, 3.63) is 29.3 Å². The van der Waals surface area contributed by atoms with Gasteiger partial charge in [-0.1, -0.05) is 43.8 Å². The third-order valence-electron chi connectivity index (χ3n) is 5.13. The van der Waals surface area contributed by atoms with E-state index in [9.17, 15) is 4.79 Å². The topological polar surface area (TPSA) is 72.3 Å². The van der Waals surface area contributed by atoms with E-state index in [1.807, 2.05) is 26.0 Å². The van der Waals surface area contributed by atoms with Gasteiger partial charge in [0.05, 0.1) is 18.5 Å². The standard InChI is InChI=1S/C21H31N5O2S/c1-6-26-20(25-10-12-28-13-11-25)23-24-21(26)29-16(5)19(27)22-18-15(4)8-7-9-17(18)14(2)3/h7-9,14,16H,6,10-13H2,1-5H3,(H,22,27)/t16-/m0/s1. The number of benzene rings is 1. The van der Waals surface area contributed by atoms with Gasteiger partial charge in [0.1, 0.15) is 0 Å². The van der Waals surface area contributed by atoms with Crippen LogP contribution >= 0.6 is 11.8 Å². The average Bonchev–Trinajstić information content (AvgIpc) is 3.12. The number of hydrogen-bond acceptors (Lipinski definition) is 6. The zero-order valence-electron chi connectivity index (χ0n) is 17.9. The Balaban J connectivity index is 1.73. The molecule has 2 heterocycles. The predicted octanol–water partition coefficient (Wildman–Crippen LogP) is 3.69. The number of nitrogens with one attached hydrogen (secondary N) is 1. The molecule has 1 aliphatic heterocycles. The molecule has 1 aliphatic rings. The van der Waals surface area contributed by atoms with Crippen molar-refractivity contribution in [2.45, 2.75) is 57.5 Å². The molecule has 158 valence electrons. The number of nitrogens with zero attached hydrogens (tertiary/aromatic N) is 4. The lowest BCUT2D eigenvalue weighted by atomic mass is 9.98. The number of morpholine rings is 1. The molecule has 1 atom stereocenters. The highest BCUT2D eigenvalue weighted by atomic mass is 32.2. The first kappa shape index (κ1) is 21.6. The molecule has 0 bridgehead atoms. The van der Waals surface area contributed by atoms with Gasteiger partial charge in [0.25, 0.3) is 0 Å². The van der Waals surface area contributed by atoms with Gasteiger partial charge < -0.3 is 15.0 Å². The van der Waals surface area contributed by atoms with Gasteiger partial charge in [-0.05, 0) is 37.8 Å². The lowest BCUT2D eigenvalue weighted by molar-refractivity contribution is -0.115. The second kappa shape index (κ2) is 9.63. The van der Waals surface area contributed by atoms with Crippen molar-refractivity contribution in [1.29, 1.82) is 0 Å². The van der Waals surface area contributed by atoms with Gasteiger partial charge in [-0.3, -0.25) is 9.36 Å². The summed E-state index contributed by atoms with van der Waals surface area (Å²) in [5.74, 6) is 1.17. The van der Waals surface area contributed by atoms with Crippen LogP contribution < -0.4 is 10.2 Å².